The van der Waals surface area contributed by atoms with Crippen LogP contribution in [-0.4, -0.2) is 36.4 Å². The minimum Gasteiger partial charge on any atom is -0.348 e. The number of para-hydroxylation sites is 1. The Labute approximate surface area is 180 Å². The molecule has 1 saturated heterocycles. The molecule has 3 aromatic rings. The number of amides is 2. The van der Waals surface area contributed by atoms with Gasteiger partial charge in [-0.1, -0.05) is 29.5 Å². The zero-order valence-electron chi connectivity index (χ0n) is 17.3. The lowest BCUT2D eigenvalue weighted by molar-refractivity contribution is -0.136. The number of nitrogens with one attached hydrogen (secondary N) is 2. The van der Waals surface area contributed by atoms with Gasteiger partial charge in [0.1, 0.15) is 0 Å². The van der Waals surface area contributed by atoms with Crippen molar-refractivity contribution in [3.05, 3.63) is 53.6 Å². The number of aryl methyl sites for hydroxylation is 2. The van der Waals surface area contributed by atoms with Gasteiger partial charge < -0.3 is 15.5 Å². The van der Waals surface area contributed by atoms with Gasteiger partial charge in [0.2, 0.25) is 0 Å². The van der Waals surface area contributed by atoms with Crippen LogP contribution in [0.4, 0.5) is 10.8 Å². The SMILES string of the molecule is Cc1cc(C)cc(NC(=O)C(=O)NCC2CCN(c3nc4ccccc4s3)CC2)c1. The second kappa shape index (κ2) is 8.83. The summed E-state index contributed by atoms with van der Waals surface area (Å²) in [7, 11) is 0. The number of benzene rings is 2. The quantitative estimate of drug-likeness (QED) is 0.626. The van der Waals surface area contributed by atoms with E-state index in [0.29, 0.717) is 18.2 Å². The number of hydrogen-bond donors (Lipinski definition) is 2. The zero-order chi connectivity index (χ0) is 21.1. The summed E-state index contributed by atoms with van der Waals surface area (Å²) in [6, 6.07) is 13.9. The molecule has 0 spiro atoms. The molecule has 4 rings (SSSR count). The monoisotopic (exact) mass is 422 g/mol. The fraction of sp³-hybridized carbons (Fsp3) is 0.348. The first-order chi connectivity index (χ1) is 14.5. The Hall–Kier alpha value is -2.93. The summed E-state index contributed by atoms with van der Waals surface area (Å²) in [6.45, 7) is 6.27. The van der Waals surface area contributed by atoms with Crippen LogP contribution in [0.3, 0.4) is 0 Å². The lowest BCUT2D eigenvalue weighted by atomic mass is 9.97. The van der Waals surface area contributed by atoms with Gasteiger partial charge in [0, 0.05) is 25.3 Å². The smallest absolute Gasteiger partial charge is 0.313 e. The lowest BCUT2D eigenvalue weighted by Gasteiger charge is -2.31. The van der Waals surface area contributed by atoms with Crippen LogP contribution >= 0.6 is 11.3 Å². The van der Waals surface area contributed by atoms with E-state index < -0.39 is 11.8 Å². The van der Waals surface area contributed by atoms with Crippen molar-refractivity contribution in [3.8, 4) is 0 Å². The number of piperidine rings is 1. The van der Waals surface area contributed by atoms with Crippen molar-refractivity contribution in [1.29, 1.82) is 0 Å². The van der Waals surface area contributed by atoms with Crippen molar-refractivity contribution in [2.75, 3.05) is 29.9 Å². The average Bonchev–Trinajstić information content (AvgIpc) is 3.16. The number of aromatic nitrogens is 1. The first-order valence-corrected chi connectivity index (χ1v) is 11.1. The molecule has 1 aromatic heterocycles. The molecule has 0 bridgehead atoms. The van der Waals surface area contributed by atoms with Gasteiger partial charge >= 0.3 is 11.8 Å². The van der Waals surface area contributed by atoms with Crippen molar-refractivity contribution in [1.82, 2.24) is 10.3 Å². The van der Waals surface area contributed by atoms with Gasteiger partial charge in [-0.05, 0) is 68.0 Å². The fourth-order valence-corrected chi connectivity index (χ4v) is 4.89. The highest BCUT2D eigenvalue weighted by Crippen LogP contribution is 2.31. The number of anilines is 2. The number of nitrogens with zero attached hydrogens (tertiary/aromatic N) is 2. The topological polar surface area (TPSA) is 74.3 Å². The second-order valence-corrected chi connectivity index (χ2v) is 8.94. The molecule has 0 aliphatic carbocycles. The summed E-state index contributed by atoms with van der Waals surface area (Å²) in [4.78, 5) is 31.4. The Morgan fingerprint density at radius 2 is 1.77 bits per heavy atom. The maximum atomic E-state index is 12.2. The molecule has 2 N–H and O–H groups in total. The molecule has 1 aliphatic heterocycles. The molecule has 156 valence electrons. The summed E-state index contributed by atoms with van der Waals surface area (Å²) in [5.74, 6) is -0.830. The highest BCUT2D eigenvalue weighted by Gasteiger charge is 2.23. The molecule has 2 heterocycles. The zero-order valence-corrected chi connectivity index (χ0v) is 18.1. The average molecular weight is 423 g/mol. The fourth-order valence-electron chi connectivity index (χ4n) is 3.88. The molecule has 30 heavy (non-hydrogen) atoms. The van der Waals surface area contributed by atoms with E-state index >= 15 is 0 Å². The van der Waals surface area contributed by atoms with Crippen LogP contribution in [0.25, 0.3) is 10.2 Å². The van der Waals surface area contributed by atoms with E-state index in [1.54, 1.807) is 11.3 Å². The first-order valence-electron chi connectivity index (χ1n) is 10.3. The molecular formula is C23H26N4O2S. The molecule has 2 aromatic carbocycles. The Morgan fingerprint density at radius 1 is 1.07 bits per heavy atom. The van der Waals surface area contributed by atoms with Crippen LogP contribution in [0, 0.1) is 19.8 Å². The Morgan fingerprint density at radius 3 is 2.47 bits per heavy atom. The van der Waals surface area contributed by atoms with E-state index in [-0.39, 0.29) is 0 Å². The maximum Gasteiger partial charge on any atom is 0.313 e. The first kappa shape index (κ1) is 20.3. The van der Waals surface area contributed by atoms with Crippen molar-refractivity contribution in [2.24, 2.45) is 5.92 Å². The molecule has 0 saturated carbocycles. The normalized spacial score (nSPS) is 14.7. The van der Waals surface area contributed by atoms with Crippen LogP contribution in [0.15, 0.2) is 42.5 Å². The third-order valence-corrected chi connectivity index (χ3v) is 6.50. The van der Waals surface area contributed by atoms with E-state index in [0.717, 1.165) is 47.7 Å². The number of carbonyl (C=O) groups excluding carboxylic acids is 2. The Balaban J connectivity index is 1.25. The summed E-state index contributed by atoms with van der Waals surface area (Å²) < 4.78 is 1.21. The van der Waals surface area contributed by atoms with E-state index in [1.807, 2.05) is 50.2 Å². The predicted octanol–water partition coefficient (Wildman–Crippen LogP) is 3.88. The molecule has 1 aliphatic rings. The summed E-state index contributed by atoms with van der Waals surface area (Å²) in [5.41, 5.74) is 3.79. The molecule has 0 atom stereocenters. The molecular weight excluding hydrogens is 396 g/mol. The lowest BCUT2D eigenvalue weighted by Crippen LogP contribution is -2.41. The minimum atomic E-state index is -0.619. The third kappa shape index (κ3) is 4.79. The van der Waals surface area contributed by atoms with E-state index in [9.17, 15) is 9.59 Å². The van der Waals surface area contributed by atoms with E-state index in [4.69, 9.17) is 4.98 Å². The number of carbonyl (C=O) groups is 2. The third-order valence-electron chi connectivity index (χ3n) is 5.40. The van der Waals surface area contributed by atoms with Gasteiger partial charge in [0.25, 0.3) is 0 Å². The van der Waals surface area contributed by atoms with Gasteiger partial charge in [0.05, 0.1) is 10.2 Å². The van der Waals surface area contributed by atoms with Crippen LogP contribution in [0.1, 0.15) is 24.0 Å². The Kier molecular flexibility index (Phi) is 5.99. The van der Waals surface area contributed by atoms with Crippen LogP contribution < -0.4 is 15.5 Å². The second-order valence-electron chi connectivity index (χ2n) is 7.94. The number of fused-ring (bicyclic) bond motifs is 1. The van der Waals surface area contributed by atoms with Gasteiger partial charge in [0.15, 0.2) is 5.13 Å². The van der Waals surface area contributed by atoms with Gasteiger partial charge in [-0.3, -0.25) is 9.59 Å². The van der Waals surface area contributed by atoms with Crippen molar-refractivity contribution in [3.63, 3.8) is 0 Å². The number of hydrogen-bond acceptors (Lipinski definition) is 5. The van der Waals surface area contributed by atoms with Gasteiger partial charge in [-0.2, -0.15) is 0 Å². The Bertz CT molecular complexity index is 1020. The van der Waals surface area contributed by atoms with Crippen LogP contribution in [0.2, 0.25) is 0 Å². The number of rotatable bonds is 4. The number of thiazole rings is 1. The largest absolute Gasteiger partial charge is 0.348 e. The summed E-state index contributed by atoms with van der Waals surface area (Å²) in [5, 5.41) is 6.54. The van der Waals surface area contributed by atoms with Crippen LogP contribution in [0.5, 0.6) is 0 Å². The van der Waals surface area contributed by atoms with Crippen molar-refractivity contribution < 1.29 is 9.59 Å². The molecule has 6 nitrogen and oxygen atoms in total. The predicted molar refractivity (Wildman–Crippen MR) is 122 cm³/mol. The molecule has 2 amide bonds. The highest BCUT2D eigenvalue weighted by atomic mass is 32.1. The highest BCUT2D eigenvalue weighted by molar-refractivity contribution is 7.22. The minimum absolute atomic E-state index is 0.369. The summed E-state index contributed by atoms with van der Waals surface area (Å²) in [6.07, 6.45) is 1.93. The van der Waals surface area contributed by atoms with Crippen molar-refractivity contribution in [2.45, 2.75) is 26.7 Å². The molecule has 0 unspecified atom stereocenters. The molecule has 0 radical (unpaired) electrons. The maximum absolute atomic E-state index is 12.2. The van der Waals surface area contributed by atoms with E-state index in [2.05, 4.69) is 21.6 Å². The standard InChI is InChI=1S/C23H26N4O2S/c1-15-11-16(2)13-18(12-15)25-22(29)21(28)24-14-17-7-9-27(10-8-17)23-26-19-5-3-4-6-20(19)30-23/h3-6,11-13,17H,7-10,14H2,1-2H3,(H,24,28)(H,25,29). The van der Waals surface area contributed by atoms with Crippen molar-refractivity contribution >= 4 is 44.2 Å². The van der Waals surface area contributed by atoms with Crippen LogP contribution in [-0.2, 0) is 9.59 Å². The molecule has 1 fully saturated rings. The summed E-state index contributed by atoms with van der Waals surface area (Å²) >= 11 is 1.72. The van der Waals surface area contributed by atoms with Gasteiger partial charge in [-0.25, -0.2) is 4.98 Å². The van der Waals surface area contributed by atoms with Gasteiger partial charge in [-0.15, -0.1) is 0 Å². The molecule has 7 heteroatoms. The van der Waals surface area contributed by atoms with E-state index in [1.165, 1.54) is 4.70 Å².